The van der Waals surface area contributed by atoms with Gasteiger partial charge in [-0.05, 0) is 48.5 Å². The molecule has 0 fully saturated rings. The molecule has 5 nitrogen and oxygen atoms in total. The Labute approximate surface area is 144 Å². The lowest BCUT2D eigenvalue weighted by molar-refractivity contribution is 0.415. The topological polar surface area (TPSA) is 56.5 Å². The second-order valence-corrected chi connectivity index (χ2v) is 5.46. The molecule has 25 heavy (non-hydrogen) atoms. The Morgan fingerprint density at radius 1 is 0.840 bits per heavy atom. The van der Waals surface area contributed by atoms with Crippen molar-refractivity contribution in [3.8, 4) is 17.2 Å². The first kappa shape index (κ1) is 15.1. The molecular formula is C20H16N2O3. The zero-order valence-corrected chi connectivity index (χ0v) is 13.6. The number of benzene rings is 3. The zero-order valence-electron chi connectivity index (χ0n) is 13.6. The Kier molecular flexibility index (Phi) is 3.96. The quantitative estimate of drug-likeness (QED) is 0.532. The van der Waals surface area contributed by atoms with Crippen LogP contribution in [0.5, 0.6) is 17.2 Å². The van der Waals surface area contributed by atoms with Crippen molar-refractivity contribution >= 4 is 22.5 Å². The number of para-hydroxylation sites is 1. The summed E-state index contributed by atoms with van der Waals surface area (Å²) in [6.07, 6.45) is 0. The molecule has 1 heterocycles. The molecule has 0 radical (unpaired) electrons. The van der Waals surface area contributed by atoms with Gasteiger partial charge in [0.15, 0.2) is 11.4 Å². The van der Waals surface area contributed by atoms with Gasteiger partial charge in [-0.25, -0.2) is 0 Å². The number of rotatable bonds is 5. The van der Waals surface area contributed by atoms with Gasteiger partial charge >= 0.3 is 0 Å². The van der Waals surface area contributed by atoms with Gasteiger partial charge in [0.25, 0.3) is 0 Å². The molecule has 0 unspecified atom stereocenters. The molecule has 0 spiro atoms. The van der Waals surface area contributed by atoms with Crippen LogP contribution in [0.1, 0.15) is 0 Å². The van der Waals surface area contributed by atoms with E-state index in [1.165, 1.54) is 0 Å². The maximum Gasteiger partial charge on any atom is 0.181 e. The van der Waals surface area contributed by atoms with Crippen LogP contribution in [-0.2, 0) is 0 Å². The van der Waals surface area contributed by atoms with Crippen LogP contribution in [0.15, 0.2) is 77.3 Å². The summed E-state index contributed by atoms with van der Waals surface area (Å²) in [4.78, 5) is 0. The number of nitrogens with zero attached hydrogens (tertiary/aromatic N) is 1. The fourth-order valence-corrected chi connectivity index (χ4v) is 2.51. The van der Waals surface area contributed by atoms with Crippen molar-refractivity contribution in [2.75, 3.05) is 12.4 Å². The summed E-state index contributed by atoms with van der Waals surface area (Å²) in [6, 6.07) is 22.9. The van der Waals surface area contributed by atoms with Crippen molar-refractivity contribution in [2.45, 2.75) is 0 Å². The van der Waals surface area contributed by atoms with Crippen molar-refractivity contribution < 1.29 is 14.0 Å². The average Bonchev–Trinajstić information content (AvgIpc) is 3.05. The van der Waals surface area contributed by atoms with Gasteiger partial charge in [0.2, 0.25) is 0 Å². The molecule has 4 aromatic rings. The summed E-state index contributed by atoms with van der Waals surface area (Å²) in [7, 11) is 1.64. The van der Waals surface area contributed by atoms with E-state index in [9.17, 15) is 0 Å². The summed E-state index contributed by atoms with van der Waals surface area (Å²) < 4.78 is 16.4. The van der Waals surface area contributed by atoms with E-state index >= 15 is 0 Å². The number of methoxy groups -OCH3 is 1. The second kappa shape index (κ2) is 6.57. The van der Waals surface area contributed by atoms with Gasteiger partial charge in [0.05, 0.1) is 12.5 Å². The Balaban J connectivity index is 1.57. The zero-order chi connectivity index (χ0) is 17.1. The second-order valence-electron chi connectivity index (χ2n) is 5.46. The van der Waals surface area contributed by atoms with Crippen LogP contribution in [0, 0.1) is 0 Å². The minimum atomic E-state index is 0.657. The van der Waals surface area contributed by atoms with E-state index in [-0.39, 0.29) is 0 Å². The van der Waals surface area contributed by atoms with Gasteiger partial charge in [-0.1, -0.05) is 23.4 Å². The first-order valence-corrected chi connectivity index (χ1v) is 7.85. The molecule has 0 bridgehead atoms. The Bertz CT molecular complexity index is 979. The monoisotopic (exact) mass is 332 g/mol. The van der Waals surface area contributed by atoms with Gasteiger partial charge in [0.1, 0.15) is 17.2 Å². The standard InChI is InChI=1S/C20H16N2O3/c1-23-15-9-7-14(8-10-15)21-20-18-12-11-17(13-19(18)25-22-20)24-16-5-3-2-4-6-16/h2-13H,1H3,(H,21,22). The van der Waals surface area contributed by atoms with Crippen LogP contribution >= 0.6 is 0 Å². The summed E-state index contributed by atoms with van der Waals surface area (Å²) in [5.74, 6) is 2.94. The highest BCUT2D eigenvalue weighted by molar-refractivity contribution is 5.90. The summed E-state index contributed by atoms with van der Waals surface area (Å²) in [6.45, 7) is 0. The van der Waals surface area contributed by atoms with Crippen LogP contribution < -0.4 is 14.8 Å². The van der Waals surface area contributed by atoms with Gasteiger partial charge in [-0.15, -0.1) is 0 Å². The van der Waals surface area contributed by atoms with Crippen molar-refractivity contribution in [3.63, 3.8) is 0 Å². The van der Waals surface area contributed by atoms with Crippen LogP contribution in [0.4, 0.5) is 11.5 Å². The van der Waals surface area contributed by atoms with E-state index in [1.54, 1.807) is 7.11 Å². The highest BCUT2D eigenvalue weighted by atomic mass is 16.5. The number of hydrogen-bond acceptors (Lipinski definition) is 5. The largest absolute Gasteiger partial charge is 0.497 e. The molecule has 4 rings (SSSR count). The normalized spacial score (nSPS) is 10.6. The van der Waals surface area contributed by atoms with E-state index in [0.717, 1.165) is 22.6 Å². The first-order chi connectivity index (χ1) is 12.3. The van der Waals surface area contributed by atoms with Crippen LogP contribution in [0.2, 0.25) is 0 Å². The molecule has 0 aliphatic carbocycles. The molecule has 0 atom stereocenters. The van der Waals surface area contributed by atoms with E-state index < -0.39 is 0 Å². The van der Waals surface area contributed by atoms with Gasteiger partial charge in [-0.2, -0.15) is 0 Å². The summed E-state index contributed by atoms with van der Waals surface area (Å²) >= 11 is 0. The minimum absolute atomic E-state index is 0.657. The number of fused-ring (bicyclic) bond motifs is 1. The van der Waals surface area contributed by atoms with E-state index in [1.807, 2.05) is 72.8 Å². The third kappa shape index (κ3) is 3.26. The lowest BCUT2D eigenvalue weighted by atomic mass is 10.2. The van der Waals surface area contributed by atoms with E-state index in [4.69, 9.17) is 14.0 Å². The lowest BCUT2D eigenvalue weighted by Crippen LogP contribution is -1.91. The molecule has 0 amide bonds. The molecule has 3 aromatic carbocycles. The molecule has 124 valence electrons. The minimum Gasteiger partial charge on any atom is -0.497 e. The fourth-order valence-electron chi connectivity index (χ4n) is 2.51. The Hall–Kier alpha value is -3.47. The molecule has 1 N–H and O–H groups in total. The third-order valence-electron chi connectivity index (χ3n) is 3.78. The highest BCUT2D eigenvalue weighted by Gasteiger charge is 2.10. The lowest BCUT2D eigenvalue weighted by Gasteiger charge is -2.06. The predicted molar refractivity (Wildman–Crippen MR) is 96.8 cm³/mol. The van der Waals surface area contributed by atoms with E-state index in [0.29, 0.717) is 17.2 Å². The SMILES string of the molecule is COc1ccc(Nc2noc3cc(Oc4ccccc4)ccc23)cc1. The number of hydrogen-bond donors (Lipinski definition) is 1. The van der Waals surface area contributed by atoms with Crippen molar-refractivity contribution in [1.82, 2.24) is 5.16 Å². The molecule has 0 aliphatic heterocycles. The summed E-state index contributed by atoms with van der Waals surface area (Å²) in [5.41, 5.74) is 1.56. The number of ether oxygens (including phenoxy) is 2. The van der Waals surface area contributed by atoms with E-state index in [2.05, 4.69) is 10.5 Å². The predicted octanol–water partition coefficient (Wildman–Crippen LogP) is 5.37. The van der Waals surface area contributed by atoms with Crippen molar-refractivity contribution in [3.05, 3.63) is 72.8 Å². The molecular weight excluding hydrogens is 316 g/mol. The van der Waals surface area contributed by atoms with Gasteiger partial charge in [0, 0.05) is 11.8 Å². The first-order valence-electron chi connectivity index (χ1n) is 7.85. The van der Waals surface area contributed by atoms with Crippen LogP contribution in [-0.4, -0.2) is 12.3 Å². The Morgan fingerprint density at radius 3 is 2.36 bits per heavy atom. The summed E-state index contributed by atoms with van der Waals surface area (Å²) in [5, 5.41) is 8.24. The number of anilines is 2. The van der Waals surface area contributed by atoms with Gasteiger partial charge < -0.3 is 19.3 Å². The van der Waals surface area contributed by atoms with Crippen LogP contribution in [0.25, 0.3) is 11.0 Å². The maximum atomic E-state index is 5.82. The number of nitrogens with one attached hydrogen (secondary N) is 1. The smallest absolute Gasteiger partial charge is 0.181 e. The van der Waals surface area contributed by atoms with Crippen molar-refractivity contribution in [2.24, 2.45) is 0 Å². The molecule has 0 saturated heterocycles. The van der Waals surface area contributed by atoms with Crippen LogP contribution in [0.3, 0.4) is 0 Å². The molecule has 0 saturated carbocycles. The molecule has 0 aliphatic rings. The molecule has 5 heteroatoms. The van der Waals surface area contributed by atoms with Crippen molar-refractivity contribution in [1.29, 1.82) is 0 Å². The maximum absolute atomic E-state index is 5.82. The number of aromatic nitrogens is 1. The fraction of sp³-hybridized carbons (Fsp3) is 0.0500. The third-order valence-corrected chi connectivity index (χ3v) is 3.78. The Morgan fingerprint density at radius 2 is 1.60 bits per heavy atom. The molecule has 1 aromatic heterocycles. The van der Waals surface area contributed by atoms with Gasteiger partial charge in [-0.3, -0.25) is 0 Å². The highest BCUT2D eigenvalue weighted by Crippen LogP contribution is 2.31. The average molecular weight is 332 g/mol.